The van der Waals surface area contributed by atoms with Crippen LogP contribution in [0.3, 0.4) is 0 Å². The van der Waals surface area contributed by atoms with Crippen LogP contribution in [-0.2, 0) is 17.8 Å². The molecule has 0 bridgehead atoms. The number of aryl methyl sites for hydroxylation is 1. The lowest BCUT2D eigenvalue weighted by molar-refractivity contribution is -0.116. The highest BCUT2D eigenvalue weighted by molar-refractivity contribution is 5.92. The van der Waals surface area contributed by atoms with Crippen molar-refractivity contribution in [3.63, 3.8) is 0 Å². The number of amides is 1. The summed E-state index contributed by atoms with van der Waals surface area (Å²) >= 11 is 0. The van der Waals surface area contributed by atoms with Crippen molar-refractivity contribution in [2.24, 2.45) is 0 Å². The minimum atomic E-state index is 0.0726. The largest absolute Gasteiger partial charge is 0.487 e. The molecule has 0 aliphatic carbocycles. The third-order valence-corrected chi connectivity index (χ3v) is 4.16. The summed E-state index contributed by atoms with van der Waals surface area (Å²) in [5, 5.41) is 2.92. The number of nitrogens with zero attached hydrogens (tertiary/aromatic N) is 1. The summed E-state index contributed by atoms with van der Waals surface area (Å²) < 4.78 is 11.4. The number of rotatable bonds is 4. The smallest absolute Gasteiger partial charge is 0.226 e. The average molecular weight is 334 g/mol. The molecule has 0 unspecified atom stereocenters. The maximum Gasteiger partial charge on any atom is 0.226 e. The van der Waals surface area contributed by atoms with Gasteiger partial charge in [0.05, 0.1) is 0 Å². The first kappa shape index (κ1) is 15.4. The second-order valence-corrected chi connectivity index (χ2v) is 6.02. The molecule has 0 saturated heterocycles. The molecule has 0 atom stereocenters. The molecule has 0 spiro atoms. The van der Waals surface area contributed by atoms with Crippen LogP contribution in [0.4, 0.5) is 5.69 Å². The van der Waals surface area contributed by atoms with Gasteiger partial charge in [-0.1, -0.05) is 18.2 Å². The number of benzene rings is 2. The Kier molecular flexibility index (Phi) is 4.21. The number of hydrogen-bond donors (Lipinski definition) is 1. The van der Waals surface area contributed by atoms with Crippen molar-refractivity contribution in [2.45, 2.75) is 25.9 Å². The van der Waals surface area contributed by atoms with Crippen molar-refractivity contribution in [3.05, 3.63) is 66.1 Å². The SMILES string of the molecule is O=C1CCCc2cc(OCc3coc(-c4ccccc4)n3)ccc2N1. The van der Waals surface area contributed by atoms with Crippen molar-refractivity contribution in [1.29, 1.82) is 0 Å². The van der Waals surface area contributed by atoms with E-state index in [1.807, 2.05) is 48.5 Å². The molecule has 0 fully saturated rings. The van der Waals surface area contributed by atoms with Crippen LogP contribution in [0, 0.1) is 0 Å². The van der Waals surface area contributed by atoms with Gasteiger partial charge in [0.2, 0.25) is 11.8 Å². The standard InChI is InChI=1S/C20H18N2O3/c23-19-8-4-7-15-11-17(9-10-18(15)22-19)24-12-16-13-25-20(21-16)14-5-2-1-3-6-14/h1-3,5-6,9-11,13H,4,7-8,12H2,(H,22,23). The Morgan fingerprint density at radius 2 is 2.00 bits per heavy atom. The zero-order valence-corrected chi connectivity index (χ0v) is 13.7. The lowest BCUT2D eigenvalue weighted by atomic mass is 10.1. The molecule has 1 aliphatic rings. The molecule has 0 radical (unpaired) electrons. The predicted octanol–water partition coefficient (Wildman–Crippen LogP) is 4.20. The second-order valence-electron chi connectivity index (χ2n) is 6.02. The molecule has 2 aromatic carbocycles. The van der Waals surface area contributed by atoms with Crippen molar-refractivity contribution >= 4 is 11.6 Å². The van der Waals surface area contributed by atoms with Gasteiger partial charge in [-0.25, -0.2) is 4.98 Å². The van der Waals surface area contributed by atoms with Crippen molar-refractivity contribution in [1.82, 2.24) is 4.98 Å². The van der Waals surface area contributed by atoms with E-state index in [4.69, 9.17) is 9.15 Å². The van der Waals surface area contributed by atoms with Gasteiger partial charge < -0.3 is 14.5 Å². The van der Waals surface area contributed by atoms with E-state index in [1.54, 1.807) is 6.26 Å². The molecule has 1 amide bonds. The Morgan fingerprint density at radius 3 is 2.88 bits per heavy atom. The monoisotopic (exact) mass is 334 g/mol. The fraction of sp³-hybridized carbons (Fsp3) is 0.200. The predicted molar refractivity (Wildman–Crippen MR) is 94.3 cm³/mol. The molecule has 1 aromatic heterocycles. The molecule has 3 aromatic rings. The summed E-state index contributed by atoms with van der Waals surface area (Å²) in [7, 11) is 0. The first-order chi connectivity index (χ1) is 12.3. The number of carbonyl (C=O) groups excluding carboxylic acids is 1. The highest BCUT2D eigenvalue weighted by Crippen LogP contribution is 2.27. The first-order valence-corrected chi connectivity index (χ1v) is 8.33. The Labute approximate surface area is 145 Å². The van der Waals surface area contributed by atoms with Crippen molar-refractivity contribution < 1.29 is 13.9 Å². The van der Waals surface area contributed by atoms with E-state index >= 15 is 0 Å². The van der Waals surface area contributed by atoms with Gasteiger partial charge in [-0.05, 0) is 48.7 Å². The summed E-state index contributed by atoms with van der Waals surface area (Å²) in [6, 6.07) is 15.5. The molecule has 5 nitrogen and oxygen atoms in total. The van der Waals surface area contributed by atoms with Gasteiger partial charge in [-0.2, -0.15) is 0 Å². The van der Waals surface area contributed by atoms with E-state index < -0.39 is 0 Å². The van der Waals surface area contributed by atoms with Gasteiger partial charge in [0.15, 0.2) is 0 Å². The maximum absolute atomic E-state index is 11.6. The number of nitrogens with one attached hydrogen (secondary N) is 1. The van der Waals surface area contributed by atoms with Gasteiger partial charge in [0, 0.05) is 17.7 Å². The molecule has 1 aliphatic heterocycles. The van der Waals surface area contributed by atoms with Crippen LogP contribution in [0.25, 0.3) is 11.5 Å². The first-order valence-electron chi connectivity index (χ1n) is 8.33. The molecule has 1 N–H and O–H groups in total. The summed E-state index contributed by atoms with van der Waals surface area (Å²) in [5.41, 5.74) is 3.66. The third-order valence-electron chi connectivity index (χ3n) is 4.16. The summed E-state index contributed by atoms with van der Waals surface area (Å²) in [6.07, 6.45) is 3.90. The Hall–Kier alpha value is -3.08. The van der Waals surface area contributed by atoms with E-state index in [2.05, 4.69) is 10.3 Å². The zero-order chi connectivity index (χ0) is 17.1. The topological polar surface area (TPSA) is 64.4 Å². The van der Waals surface area contributed by atoms with E-state index in [-0.39, 0.29) is 5.91 Å². The molecular formula is C20H18N2O3. The minimum Gasteiger partial charge on any atom is -0.487 e. The molecule has 126 valence electrons. The average Bonchev–Trinajstić information content (AvgIpc) is 3.03. The highest BCUT2D eigenvalue weighted by Gasteiger charge is 2.13. The molecule has 4 rings (SSSR count). The van der Waals surface area contributed by atoms with E-state index in [9.17, 15) is 4.79 Å². The number of anilines is 1. The number of ether oxygens (including phenoxy) is 1. The fourth-order valence-corrected chi connectivity index (χ4v) is 2.88. The van der Waals surface area contributed by atoms with Crippen LogP contribution in [0.1, 0.15) is 24.1 Å². The van der Waals surface area contributed by atoms with Crippen LogP contribution < -0.4 is 10.1 Å². The molecule has 25 heavy (non-hydrogen) atoms. The number of fused-ring (bicyclic) bond motifs is 1. The number of oxazole rings is 1. The lowest BCUT2D eigenvalue weighted by Crippen LogP contribution is -2.09. The Balaban J connectivity index is 1.44. The number of carbonyl (C=O) groups is 1. The molecule has 5 heteroatoms. The molecule has 2 heterocycles. The van der Waals surface area contributed by atoms with Crippen LogP contribution >= 0.6 is 0 Å². The summed E-state index contributed by atoms with van der Waals surface area (Å²) in [6.45, 7) is 0.335. The number of hydrogen-bond acceptors (Lipinski definition) is 4. The Bertz CT molecular complexity index is 887. The normalized spacial score (nSPS) is 13.7. The van der Waals surface area contributed by atoms with E-state index in [0.717, 1.165) is 41.1 Å². The molecular weight excluding hydrogens is 316 g/mol. The summed E-state index contributed by atoms with van der Waals surface area (Å²) in [4.78, 5) is 16.1. The van der Waals surface area contributed by atoms with Crippen LogP contribution in [-0.4, -0.2) is 10.9 Å². The van der Waals surface area contributed by atoms with Gasteiger partial charge in [-0.15, -0.1) is 0 Å². The second kappa shape index (κ2) is 6.81. The quantitative estimate of drug-likeness (QED) is 0.777. The third kappa shape index (κ3) is 3.55. The van der Waals surface area contributed by atoms with Gasteiger partial charge in [0.25, 0.3) is 0 Å². The lowest BCUT2D eigenvalue weighted by Gasteiger charge is -2.10. The maximum atomic E-state index is 11.6. The molecule has 0 saturated carbocycles. The van der Waals surface area contributed by atoms with Crippen LogP contribution in [0.2, 0.25) is 0 Å². The van der Waals surface area contributed by atoms with E-state index in [0.29, 0.717) is 18.9 Å². The number of aromatic nitrogens is 1. The van der Waals surface area contributed by atoms with Crippen molar-refractivity contribution in [2.75, 3.05) is 5.32 Å². The minimum absolute atomic E-state index is 0.0726. The van der Waals surface area contributed by atoms with Gasteiger partial charge in [-0.3, -0.25) is 4.79 Å². The van der Waals surface area contributed by atoms with E-state index in [1.165, 1.54) is 0 Å². The van der Waals surface area contributed by atoms with Crippen LogP contribution in [0.5, 0.6) is 5.75 Å². The fourth-order valence-electron chi connectivity index (χ4n) is 2.88. The van der Waals surface area contributed by atoms with Gasteiger partial charge >= 0.3 is 0 Å². The summed E-state index contributed by atoms with van der Waals surface area (Å²) in [5.74, 6) is 1.42. The Morgan fingerprint density at radius 1 is 1.12 bits per heavy atom. The van der Waals surface area contributed by atoms with Gasteiger partial charge in [0.1, 0.15) is 24.3 Å². The van der Waals surface area contributed by atoms with Crippen LogP contribution in [0.15, 0.2) is 59.2 Å². The zero-order valence-electron chi connectivity index (χ0n) is 13.7. The highest BCUT2D eigenvalue weighted by atomic mass is 16.5. The van der Waals surface area contributed by atoms with Crippen molar-refractivity contribution in [3.8, 4) is 17.2 Å².